The molecule has 0 saturated heterocycles. The lowest BCUT2D eigenvalue weighted by Gasteiger charge is -2.14. The molecule has 0 aromatic carbocycles. The highest BCUT2D eigenvalue weighted by atomic mass is 32.1. The van der Waals surface area contributed by atoms with E-state index in [1.807, 2.05) is 12.3 Å². The molecule has 19 heavy (non-hydrogen) atoms. The maximum Gasteiger partial charge on any atom is 0.272 e. The number of nitrogens with zero attached hydrogens (tertiary/aromatic N) is 3. The molecule has 0 bridgehead atoms. The van der Waals surface area contributed by atoms with Crippen molar-refractivity contribution in [1.29, 1.82) is 0 Å². The first kappa shape index (κ1) is 13.4. The first-order valence-electron chi connectivity index (χ1n) is 5.73. The molecular weight excluding hydrogens is 264 g/mol. The monoisotopic (exact) mass is 278 g/mol. The van der Waals surface area contributed by atoms with Crippen molar-refractivity contribution in [3.05, 3.63) is 34.7 Å². The van der Waals surface area contributed by atoms with Gasteiger partial charge in [-0.2, -0.15) is 0 Å². The van der Waals surface area contributed by atoms with Crippen molar-refractivity contribution in [2.75, 3.05) is 5.43 Å². The van der Waals surface area contributed by atoms with Crippen molar-refractivity contribution in [3.8, 4) is 0 Å². The summed E-state index contributed by atoms with van der Waals surface area (Å²) < 4.78 is 0. The summed E-state index contributed by atoms with van der Waals surface area (Å²) in [4.78, 5) is 24.2. The van der Waals surface area contributed by atoms with Gasteiger partial charge in [0.15, 0.2) is 5.82 Å². The van der Waals surface area contributed by atoms with Gasteiger partial charge in [-0.1, -0.05) is 6.92 Å². The predicted molar refractivity (Wildman–Crippen MR) is 72.5 cm³/mol. The first-order chi connectivity index (χ1) is 9.24. The van der Waals surface area contributed by atoms with E-state index in [-0.39, 0.29) is 17.6 Å². The first-order valence-corrected chi connectivity index (χ1v) is 6.61. The van der Waals surface area contributed by atoms with Crippen LogP contribution in [0, 0.1) is 0 Å². The van der Waals surface area contributed by atoms with Crippen molar-refractivity contribution in [2.24, 2.45) is 5.84 Å². The number of nitrogens with two attached hydrogens (primary N) is 1. The Balaban J connectivity index is 2.11. The van der Waals surface area contributed by atoms with Crippen LogP contribution in [-0.4, -0.2) is 20.9 Å². The van der Waals surface area contributed by atoms with Gasteiger partial charge in [0.05, 0.1) is 18.4 Å². The molecule has 0 aliphatic rings. The molecule has 1 amide bonds. The quantitative estimate of drug-likeness (QED) is 0.558. The van der Waals surface area contributed by atoms with Crippen LogP contribution in [-0.2, 0) is 0 Å². The standard InChI is InChI=1S/C11H14N6OS/c1-2-7(11-14-3-4-19-11)16-10(18)8-5-13-6-9(15-8)17-12/h3-7H,2,12H2,1H3,(H,15,17)(H,16,18). The minimum absolute atomic E-state index is 0.121. The number of thiazole rings is 1. The molecule has 0 radical (unpaired) electrons. The number of hydrogen-bond acceptors (Lipinski definition) is 7. The van der Waals surface area contributed by atoms with Crippen molar-refractivity contribution in [2.45, 2.75) is 19.4 Å². The highest BCUT2D eigenvalue weighted by Gasteiger charge is 2.17. The third-order valence-electron chi connectivity index (χ3n) is 2.48. The lowest BCUT2D eigenvalue weighted by Crippen LogP contribution is -2.29. The Bertz CT molecular complexity index is 544. The number of carbonyl (C=O) groups is 1. The van der Waals surface area contributed by atoms with E-state index in [4.69, 9.17) is 5.84 Å². The molecule has 1 unspecified atom stereocenters. The Morgan fingerprint density at radius 3 is 3.00 bits per heavy atom. The van der Waals surface area contributed by atoms with Gasteiger partial charge >= 0.3 is 0 Å². The minimum atomic E-state index is -0.299. The fraction of sp³-hybridized carbons (Fsp3) is 0.273. The molecule has 7 nitrogen and oxygen atoms in total. The predicted octanol–water partition coefficient (Wildman–Crippen LogP) is 1.10. The molecule has 100 valence electrons. The molecule has 2 aromatic rings. The zero-order chi connectivity index (χ0) is 13.7. The largest absolute Gasteiger partial charge is 0.341 e. The van der Waals surface area contributed by atoms with E-state index in [1.165, 1.54) is 23.7 Å². The Morgan fingerprint density at radius 1 is 1.53 bits per heavy atom. The summed E-state index contributed by atoms with van der Waals surface area (Å²) >= 11 is 1.51. The average Bonchev–Trinajstić information content (AvgIpc) is 2.98. The highest BCUT2D eigenvalue weighted by Crippen LogP contribution is 2.19. The maximum atomic E-state index is 12.1. The lowest BCUT2D eigenvalue weighted by molar-refractivity contribution is 0.0930. The molecule has 0 aliphatic carbocycles. The van der Waals surface area contributed by atoms with E-state index < -0.39 is 0 Å². The Morgan fingerprint density at radius 2 is 2.37 bits per heavy atom. The molecule has 4 N–H and O–H groups in total. The lowest BCUT2D eigenvalue weighted by atomic mass is 10.2. The van der Waals surface area contributed by atoms with Crippen LogP contribution in [0.2, 0.25) is 0 Å². The van der Waals surface area contributed by atoms with Crippen molar-refractivity contribution < 1.29 is 4.79 Å². The molecule has 2 aromatic heterocycles. The molecular formula is C11H14N6OS. The van der Waals surface area contributed by atoms with Crippen molar-refractivity contribution in [1.82, 2.24) is 20.3 Å². The van der Waals surface area contributed by atoms with Crippen LogP contribution in [0.25, 0.3) is 0 Å². The van der Waals surface area contributed by atoms with E-state index in [2.05, 4.69) is 25.7 Å². The number of aromatic nitrogens is 3. The summed E-state index contributed by atoms with van der Waals surface area (Å²) in [6, 6.07) is -0.121. The van der Waals surface area contributed by atoms with Crippen LogP contribution in [0.3, 0.4) is 0 Å². The zero-order valence-electron chi connectivity index (χ0n) is 10.3. The number of anilines is 1. The third-order valence-corrected chi connectivity index (χ3v) is 3.37. The molecule has 0 fully saturated rings. The second-order valence-electron chi connectivity index (χ2n) is 3.74. The van der Waals surface area contributed by atoms with Gasteiger partial charge in [-0.25, -0.2) is 15.8 Å². The average molecular weight is 278 g/mol. The summed E-state index contributed by atoms with van der Waals surface area (Å²) in [5, 5.41) is 5.62. The second-order valence-corrected chi connectivity index (χ2v) is 4.66. The fourth-order valence-corrected chi connectivity index (χ4v) is 2.29. The van der Waals surface area contributed by atoms with Gasteiger partial charge in [-0.05, 0) is 6.42 Å². The number of nitrogens with one attached hydrogen (secondary N) is 2. The normalized spacial score (nSPS) is 11.9. The minimum Gasteiger partial charge on any atom is -0.341 e. The van der Waals surface area contributed by atoms with Gasteiger partial charge in [0.25, 0.3) is 5.91 Å². The van der Waals surface area contributed by atoms with E-state index in [0.29, 0.717) is 5.82 Å². The molecule has 0 saturated carbocycles. The van der Waals surface area contributed by atoms with E-state index in [0.717, 1.165) is 11.4 Å². The van der Waals surface area contributed by atoms with Crippen LogP contribution in [0.4, 0.5) is 5.82 Å². The van der Waals surface area contributed by atoms with E-state index >= 15 is 0 Å². The smallest absolute Gasteiger partial charge is 0.272 e. The van der Waals surface area contributed by atoms with Crippen LogP contribution >= 0.6 is 11.3 Å². The fourth-order valence-electron chi connectivity index (χ4n) is 1.52. The van der Waals surface area contributed by atoms with Crippen LogP contribution in [0.5, 0.6) is 0 Å². The molecule has 1 atom stereocenters. The van der Waals surface area contributed by atoms with Gasteiger partial charge < -0.3 is 10.7 Å². The van der Waals surface area contributed by atoms with Crippen LogP contribution in [0.1, 0.15) is 34.9 Å². The summed E-state index contributed by atoms with van der Waals surface area (Å²) in [6.07, 6.45) is 5.30. The van der Waals surface area contributed by atoms with Gasteiger partial charge in [0.2, 0.25) is 0 Å². The Hall–Kier alpha value is -2.06. The van der Waals surface area contributed by atoms with Gasteiger partial charge in [-0.3, -0.25) is 9.78 Å². The molecule has 0 spiro atoms. The number of hydrazine groups is 1. The van der Waals surface area contributed by atoms with E-state index in [9.17, 15) is 4.79 Å². The number of nitrogen functional groups attached to an aromatic ring is 1. The summed E-state index contributed by atoms with van der Waals surface area (Å²) in [7, 11) is 0. The topological polar surface area (TPSA) is 106 Å². The second kappa shape index (κ2) is 6.21. The van der Waals surface area contributed by atoms with Gasteiger partial charge in [-0.15, -0.1) is 11.3 Å². The van der Waals surface area contributed by atoms with Crippen LogP contribution in [0.15, 0.2) is 24.0 Å². The Kier molecular flexibility index (Phi) is 4.37. The van der Waals surface area contributed by atoms with Crippen molar-refractivity contribution >= 4 is 23.1 Å². The number of carbonyl (C=O) groups excluding carboxylic acids is 1. The highest BCUT2D eigenvalue weighted by molar-refractivity contribution is 7.09. The van der Waals surface area contributed by atoms with Gasteiger partial charge in [0, 0.05) is 11.6 Å². The molecule has 2 heterocycles. The number of amides is 1. The number of rotatable bonds is 5. The Labute approximate surface area is 114 Å². The SMILES string of the molecule is CCC(NC(=O)c1cncc(NN)n1)c1nccs1. The summed E-state index contributed by atoms with van der Waals surface area (Å²) in [5.74, 6) is 5.27. The summed E-state index contributed by atoms with van der Waals surface area (Å²) in [6.45, 7) is 1.98. The van der Waals surface area contributed by atoms with Crippen molar-refractivity contribution in [3.63, 3.8) is 0 Å². The van der Waals surface area contributed by atoms with Gasteiger partial charge in [0.1, 0.15) is 10.7 Å². The number of hydrogen-bond donors (Lipinski definition) is 3. The molecule has 8 heteroatoms. The van der Waals surface area contributed by atoms with E-state index in [1.54, 1.807) is 6.20 Å². The van der Waals surface area contributed by atoms with Crippen LogP contribution < -0.4 is 16.6 Å². The third kappa shape index (κ3) is 3.24. The maximum absolute atomic E-state index is 12.1. The molecule has 2 rings (SSSR count). The zero-order valence-corrected chi connectivity index (χ0v) is 11.1. The molecule has 0 aliphatic heterocycles. The summed E-state index contributed by atoms with van der Waals surface area (Å²) in [5.41, 5.74) is 2.57.